The third-order valence-corrected chi connectivity index (χ3v) is 4.07. The Hall–Kier alpha value is -2.10. The molecule has 2 unspecified atom stereocenters. The Labute approximate surface area is 117 Å². The molecule has 1 heterocycles. The zero-order valence-corrected chi connectivity index (χ0v) is 11.4. The molecule has 1 aromatic heterocycles. The minimum Gasteiger partial charge on any atom is -0.476 e. The summed E-state index contributed by atoms with van der Waals surface area (Å²) in [7, 11) is 0. The lowest BCUT2D eigenvalue weighted by molar-refractivity contribution is 0.0687. The number of rotatable bonds is 3. The van der Waals surface area contributed by atoms with Gasteiger partial charge in [0.2, 0.25) is 5.89 Å². The zero-order valence-electron chi connectivity index (χ0n) is 11.4. The molecular formula is C16H17NO3. The van der Waals surface area contributed by atoms with Crippen molar-refractivity contribution in [2.75, 3.05) is 0 Å². The van der Waals surface area contributed by atoms with Crippen molar-refractivity contribution >= 4 is 5.97 Å². The van der Waals surface area contributed by atoms with Gasteiger partial charge in [0.15, 0.2) is 5.69 Å². The van der Waals surface area contributed by atoms with Crippen molar-refractivity contribution in [3.05, 3.63) is 41.8 Å². The molecule has 4 nitrogen and oxygen atoms in total. The van der Waals surface area contributed by atoms with Crippen molar-refractivity contribution in [1.29, 1.82) is 0 Å². The second-order valence-electron chi connectivity index (χ2n) is 5.42. The van der Waals surface area contributed by atoms with Gasteiger partial charge in [-0.05, 0) is 30.9 Å². The Kier molecular flexibility index (Phi) is 3.30. The maximum absolute atomic E-state index is 11.4. The fourth-order valence-corrected chi connectivity index (χ4v) is 2.98. The maximum atomic E-state index is 11.4. The van der Waals surface area contributed by atoms with E-state index < -0.39 is 5.97 Å². The standard InChI is InChI=1S/C16H17NO3/c1-10-6-5-9-12(10)14-13(16(18)19)17-15(20-14)11-7-3-2-4-8-11/h2-4,7-8,10,12H,5-6,9H2,1H3,(H,18,19). The van der Waals surface area contributed by atoms with Gasteiger partial charge in [0, 0.05) is 11.5 Å². The minimum atomic E-state index is -1.01. The van der Waals surface area contributed by atoms with Crippen LogP contribution >= 0.6 is 0 Å². The third kappa shape index (κ3) is 2.22. The molecule has 0 saturated heterocycles. The minimum absolute atomic E-state index is 0.0719. The van der Waals surface area contributed by atoms with Gasteiger partial charge in [-0.25, -0.2) is 9.78 Å². The fourth-order valence-electron chi connectivity index (χ4n) is 2.98. The Balaban J connectivity index is 2.05. The summed E-state index contributed by atoms with van der Waals surface area (Å²) in [5.41, 5.74) is 0.884. The van der Waals surface area contributed by atoms with Gasteiger partial charge in [0.1, 0.15) is 5.76 Å². The molecule has 0 radical (unpaired) electrons. The number of hydrogen-bond acceptors (Lipinski definition) is 3. The van der Waals surface area contributed by atoms with Gasteiger partial charge in [-0.1, -0.05) is 31.5 Å². The van der Waals surface area contributed by atoms with Crippen LogP contribution in [0.15, 0.2) is 34.7 Å². The largest absolute Gasteiger partial charge is 0.476 e. The summed E-state index contributed by atoms with van der Waals surface area (Å²) < 4.78 is 5.82. The van der Waals surface area contributed by atoms with Crippen molar-refractivity contribution < 1.29 is 14.3 Å². The Morgan fingerprint density at radius 3 is 2.65 bits per heavy atom. The van der Waals surface area contributed by atoms with E-state index in [2.05, 4.69) is 11.9 Å². The number of oxazole rings is 1. The number of carbonyl (C=O) groups is 1. The van der Waals surface area contributed by atoms with Crippen LogP contribution in [0.1, 0.15) is 48.4 Å². The van der Waals surface area contributed by atoms with Crippen LogP contribution in [0.2, 0.25) is 0 Å². The third-order valence-electron chi connectivity index (χ3n) is 4.07. The van der Waals surface area contributed by atoms with Crippen molar-refractivity contribution in [3.8, 4) is 11.5 Å². The molecule has 1 saturated carbocycles. The Morgan fingerprint density at radius 2 is 2.05 bits per heavy atom. The number of aromatic carboxylic acids is 1. The molecule has 1 fully saturated rings. The summed E-state index contributed by atoms with van der Waals surface area (Å²) >= 11 is 0. The monoisotopic (exact) mass is 271 g/mol. The SMILES string of the molecule is CC1CCCC1c1oc(-c2ccccc2)nc1C(=O)O. The molecular weight excluding hydrogens is 254 g/mol. The van der Waals surface area contributed by atoms with Crippen molar-refractivity contribution in [3.63, 3.8) is 0 Å². The van der Waals surface area contributed by atoms with Crippen LogP contribution in [0.25, 0.3) is 11.5 Å². The molecule has 1 aliphatic rings. The van der Waals surface area contributed by atoms with E-state index in [4.69, 9.17) is 4.42 Å². The number of benzene rings is 1. The first-order valence-corrected chi connectivity index (χ1v) is 6.96. The average Bonchev–Trinajstić information content (AvgIpc) is 3.05. The molecule has 2 atom stereocenters. The first-order valence-electron chi connectivity index (χ1n) is 6.96. The quantitative estimate of drug-likeness (QED) is 0.918. The lowest BCUT2D eigenvalue weighted by atomic mass is 9.94. The smallest absolute Gasteiger partial charge is 0.358 e. The molecule has 4 heteroatoms. The predicted molar refractivity (Wildman–Crippen MR) is 74.7 cm³/mol. The van der Waals surface area contributed by atoms with Crippen molar-refractivity contribution in [2.24, 2.45) is 5.92 Å². The lowest BCUT2D eigenvalue weighted by Gasteiger charge is -2.12. The number of hydrogen-bond donors (Lipinski definition) is 1. The maximum Gasteiger partial charge on any atom is 0.358 e. The Bertz CT molecular complexity index is 618. The number of aromatic nitrogens is 1. The topological polar surface area (TPSA) is 63.3 Å². The Morgan fingerprint density at radius 1 is 1.30 bits per heavy atom. The molecule has 104 valence electrons. The van der Waals surface area contributed by atoms with E-state index >= 15 is 0 Å². The van der Waals surface area contributed by atoms with Crippen LogP contribution in [0.5, 0.6) is 0 Å². The van der Waals surface area contributed by atoms with Gasteiger partial charge in [0.05, 0.1) is 0 Å². The number of carboxylic acids is 1. The van der Waals surface area contributed by atoms with E-state index in [1.807, 2.05) is 30.3 Å². The molecule has 1 aliphatic carbocycles. The van der Waals surface area contributed by atoms with Gasteiger partial charge in [-0.2, -0.15) is 0 Å². The second kappa shape index (κ2) is 5.12. The van der Waals surface area contributed by atoms with Crippen LogP contribution in [-0.4, -0.2) is 16.1 Å². The normalized spacial score (nSPS) is 22.1. The van der Waals surface area contributed by atoms with Crippen LogP contribution < -0.4 is 0 Å². The fraction of sp³-hybridized carbons (Fsp3) is 0.375. The molecule has 3 rings (SSSR count). The summed E-state index contributed by atoms with van der Waals surface area (Å²) in [5, 5.41) is 9.35. The van der Waals surface area contributed by atoms with Crippen LogP contribution in [-0.2, 0) is 0 Å². The van der Waals surface area contributed by atoms with E-state index in [9.17, 15) is 9.90 Å². The molecule has 0 amide bonds. The zero-order chi connectivity index (χ0) is 14.1. The number of nitrogens with zero attached hydrogens (tertiary/aromatic N) is 1. The highest BCUT2D eigenvalue weighted by atomic mass is 16.4. The predicted octanol–water partition coefficient (Wildman–Crippen LogP) is 3.94. The van der Waals surface area contributed by atoms with E-state index in [0.29, 0.717) is 17.6 Å². The van der Waals surface area contributed by atoms with Crippen LogP contribution in [0.4, 0.5) is 0 Å². The molecule has 20 heavy (non-hydrogen) atoms. The highest BCUT2D eigenvalue weighted by Crippen LogP contribution is 2.41. The summed E-state index contributed by atoms with van der Waals surface area (Å²) in [6.45, 7) is 2.15. The van der Waals surface area contributed by atoms with Gasteiger partial charge in [0.25, 0.3) is 0 Å². The van der Waals surface area contributed by atoms with Crippen LogP contribution in [0, 0.1) is 5.92 Å². The summed E-state index contributed by atoms with van der Waals surface area (Å²) in [5.74, 6) is 0.555. The lowest BCUT2D eigenvalue weighted by Crippen LogP contribution is -2.08. The van der Waals surface area contributed by atoms with E-state index in [1.165, 1.54) is 0 Å². The van der Waals surface area contributed by atoms with Gasteiger partial charge in [-0.15, -0.1) is 0 Å². The van der Waals surface area contributed by atoms with Gasteiger partial charge in [-0.3, -0.25) is 0 Å². The summed E-state index contributed by atoms with van der Waals surface area (Å²) in [4.78, 5) is 15.6. The van der Waals surface area contributed by atoms with Crippen LogP contribution in [0.3, 0.4) is 0 Å². The first kappa shape index (κ1) is 12.9. The molecule has 1 N–H and O–H groups in total. The highest BCUT2D eigenvalue weighted by Gasteiger charge is 2.33. The van der Waals surface area contributed by atoms with Gasteiger partial charge >= 0.3 is 5.97 Å². The highest BCUT2D eigenvalue weighted by molar-refractivity contribution is 5.87. The molecule has 0 aliphatic heterocycles. The summed E-state index contributed by atoms with van der Waals surface area (Å²) in [6, 6.07) is 9.43. The average molecular weight is 271 g/mol. The first-order chi connectivity index (χ1) is 9.66. The molecule has 2 aromatic rings. The van der Waals surface area contributed by atoms with Gasteiger partial charge < -0.3 is 9.52 Å². The number of carboxylic acid groups (broad SMARTS) is 1. The molecule has 0 spiro atoms. The molecule has 1 aromatic carbocycles. The summed E-state index contributed by atoms with van der Waals surface area (Å²) in [6.07, 6.45) is 3.21. The van der Waals surface area contributed by atoms with Crippen molar-refractivity contribution in [1.82, 2.24) is 4.98 Å². The molecule has 0 bridgehead atoms. The van der Waals surface area contributed by atoms with E-state index in [0.717, 1.165) is 24.8 Å². The van der Waals surface area contributed by atoms with E-state index in [-0.39, 0.29) is 11.6 Å². The van der Waals surface area contributed by atoms with Crippen molar-refractivity contribution in [2.45, 2.75) is 32.1 Å². The van der Waals surface area contributed by atoms with E-state index in [1.54, 1.807) is 0 Å². The second-order valence-corrected chi connectivity index (χ2v) is 5.42.